The summed E-state index contributed by atoms with van der Waals surface area (Å²) in [6.45, 7) is 0. The van der Waals surface area contributed by atoms with Gasteiger partial charge in [0.05, 0.1) is 3.79 Å². The summed E-state index contributed by atoms with van der Waals surface area (Å²) in [5, 5.41) is 4.83. The van der Waals surface area contributed by atoms with Gasteiger partial charge in [0.15, 0.2) is 5.78 Å². The third-order valence-electron chi connectivity index (χ3n) is 2.63. The van der Waals surface area contributed by atoms with Gasteiger partial charge in [-0.3, -0.25) is 4.79 Å². The lowest BCUT2D eigenvalue weighted by Crippen LogP contribution is -1.97. The van der Waals surface area contributed by atoms with Gasteiger partial charge in [0.25, 0.3) is 0 Å². The highest BCUT2D eigenvalue weighted by Crippen LogP contribution is 2.34. The first-order valence-corrected chi connectivity index (χ1v) is 8.46. The van der Waals surface area contributed by atoms with E-state index in [1.807, 2.05) is 35.0 Å². The quantitative estimate of drug-likeness (QED) is 0.502. The molecular weight excluding hydrogens is 396 g/mol. The van der Waals surface area contributed by atoms with Gasteiger partial charge in [-0.2, -0.15) is 0 Å². The van der Waals surface area contributed by atoms with Crippen molar-refractivity contribution < 1.29 is 4.79 Å². The van der Waals surface area contributed by atoms with E-state index in [9.17, 15) is 4.79 Å². The predicted molar refractivity (Wildman–Crippen MR) is 85.0 cm³/mol. The Kier molecular flexibility index (Phi) is 3.40. The zero-order valence-corrected chi connectivity index (χ0v) is 13.7. The summed E-state index contributed by atoms with van der Waals surface area (Å²) in [6.07, 6.45) is 0. The van der Waals surface area contributed by atoms with E-state index < -0.39 is 0 Å². The third-order valence-corrected chi connectivity index (χ3v) is 6.08. The first-order chi connectivity index (χ1) is 8.66. The summed E-state index contributed by atoms with van der Waals surface area (Å²) in [5.41, 5.74) is 1.52. The summed E-state index contributed by atoms with van der Waals surface area (Å²) >= 11 is 10.0. The van der Waals surface area contributed by atoms with Gasteiger partial charge >= 0.3 is 0 Å². The van der Waals surface area contributed by atoms with E-state index in [1.165, 1.54) is 11.3 Å². The van der Waals surface area contributed by atoms with Crippen molar-refractivity contribution in [3.63, 3.8) is 0 Å². The Balaban J connectivity index is 2.15. The third kappa shape index (κ3) is 2.09. The zero-order valence-electron chi connectivity index (χ0n) is 8.94. The molecule has 3 rings (SSSR count). The van der Waals surface area contributed by atoms with Crippen LogP contribution in [0.25, 0.3) is 10.1 Å². The van der Waals surface area contributed by atoms with Crippen LogP contribution in [-0.2, 0) is 0 Å². The number of hydrogen-bond donors (Lipinski definition) is 0. The van der Waals surface area contributed by atoms with Crippen LogP contribution in [0.15, 0.2) is 43.3 Å². The fourth-order valence-electron chi connectivity index (χ4n) is 1.78. The molecule has 0 atom stereocenters. The Morgan fingerprint density at radius 3 is 2.67 bits per heavy atom. The van der Waals surface area contributed by atoms with E-state index >= 15 is 0 Å². The van der Waals surface area contributed by atoms with Crippen molar-refractivity contribution in [3.05, 3.63) is 54.4 Å². The van der Waals surface area contributed by atoms with Crippen LogP contribution in [0.4, 0.5) is 0 Å². The maximum atomic E-state index is 12.4. The van der Waals surface area contributed by atoms with Crippen molar-refractivity contribution in [2.24, 2.45) is 0 Å². The minimum Gasteiger partial charge on any atom is -0.289 e. The summed E-state index contributed by atoms with van der Waals surface area (Å²) in [6, 6.07) is 7.81. The first-order valence-electron chi connectivity index (χ1n) is 5.11. The van der Waals surface area contributed by atoms with E-state index in [1.54, 1.807) is 11.3 Å². The Labute approximate surface area is 129 Å². The van der Waals surface area contributed by atoms with Crippen molar-refractivity contribution in [3.8, 4) is 0 Å². The Hall–Kier alpha value is -0.490. The molecule has 0 saturated carbocycles. The van der Waals surface area contributed by atoms with Crippen molar-refractivity contribution >= 4 is 70.4 Å². The summed E-state index contributed by atoms with van der Waals surface area (Å²) in [4.78, 5) is 12.4. The molecule has 0 aliphatic heterocycles. The van der Waals surface area contributed by atoms with Gasteiger partial charge in [0.1, 0.15) is 0 Å². The van der Waals surface area contributed by atoms with E-state index in [0.29, 0.717) is 0 Å². The topological polar surface area (TPSA) is 17.1 Å². The highest BCUT2D eigenvalue weighted by atomic mass is 79.9. The molecule has 0 unspecified atom stereocenters. The Morgan fingerprint density at radius 1 is 1.11 bits per heavy atom. The molecule has 5 heteroatoms. The largest absolute Gasteiger partial charge is 0.289 e. The molecule has 1 nitrogen and oxygen atoms in total. The number of ketones is 1. The molecule has 90 valence electrons. The number of fused-ring (bicyclic) bond motifs is 1. The fraction of sp³-hybridized carbons (Fsp3) is 0. The van der Waals surface area contributed by atoms with Crippen molar-refractivity contribution in [2.75, 3.05) is 0 Å². The molecule has 2 aromatic heterocycles. The molecule has 1 aromatic carbocycles. The first kappa shape index (κ1) is 12.5. The Morgan fingerprint density at radius 2 is 1.94 bits per heavy atom. The van der Waals surface area contributed by atoms with Crippen LogP contribution in [0.2, 0.25) is 0 Å². The second kappa shape index (κ2) is 4.89. The fourth-order valence-corrected chi connectivity index (χ4v) is 4.52. The molecule has 0 aliphatic carbocycles. The molecular formula is C13H6Br2OS2. The molecule has 3 aromatic rings. The monoisotopic (exact) mass is 400 g/mol. The molecule has 18 heavy (non-hydrogen) atoms. The molecule has 0 saturated heterocycles. The van der Waals surface area contributed by atoms with Crippen LogP contribution in [0.3, 0.4) is 0 Å². The van der Waals surface area contributed by atoms with E-state index in [0.717, 1.165) is 29.5 Å². The molecule has 0 aliphatic rings. The summed E-state index contributed by atoms with van der Waals surface area (Å²) < 4.78 is 3.14. The lowest BCUT2D eigenvalue weighted by molar-refractivity contribution is 0.104. The molecule has 0 fully saturated rings. The van der Waals surface area contributed by atoms with Crippen LogP contribution in [0, 0.1) is 0 Å². The average Bonchev–Trinajstić information content (AvgIpc) is 2.95. The van der Waals surface area contributed by atoms with Crippen LogP contribution in [0.5, 0.6) is 0 Å². The predicted octanol–water partition coefficient (Wildman–Crippen LogP) is 5.72. The van der Waals surface area contributed by atoms with Gasteiger partial charge in [-0.15, -0.1) is 22.7 Å². The number of thiophene rings is 2. The van der Waals surface area contributed by atoms with E-state index in [2.05, 4.69) is 31.9 Å². The number of rotatable bonds is 2. The summed E-state index contributed by atoms with van der Waals surface area (Å²) in [5.74, 6) is 0.0845. The molecule has 0 bridgehead atoms. The maximum Gasteiger partial charge on any atom is 0.195 e. The van der Waals surface area contributed by atoms with E-state index in [-0.39, 0.29) is 5.78 Å². The lowest BCUT2D eigenvalue weighted by atomic mass is 10.1. The van der Waals surface area contributed by atoms with Gasteiger partial charge in [-0.1, -0.05) is 12.1 Å². The zero-order chi connectivity index (χ0) is 12.7. The van der Waals surface area contributed by atoms with Crippen LogP contribution < -0.4 is 0 Å². The smallest absolute Gasteiger partial charge is 0.195 e. The van der Waals surface area contributed by atoms with Gasteiger partial charge in [-0.05, 0) is 44.0 Å². The van der Waals surface area contributed by atoms with Crippen molar-refractivity contribution in [1.82, 2.24) is 0 Å². The van der Waals surface area contributed by atoms with Gasteiger partial charge < -0.3 is 0 Å². The number of hydrogen-bond acceptors (Lipinski definition) is 3. The Bertz CT molecular complexity index is 742. The second-order valence-electron chi connectivity index (χ2n) is 3.73. The normalized spacial score (nSPS) is 11.0. The van der Waals surface area contributed by atoms with E-state index in [4.69, 9.17) is 0 Å². The minimum absolute atomic E-state index is 0.0845. The number of halogens is 2. The highest BCUT2D eigenvalue weighted by molar-refractivity contribution is 9.11. The average molecular weight is 402 g/mol. The maximum absolute atomic E-state index is 12.4. The lowest BCUT2D eigenvalue weighted by Gasteiger charge is -1.97. The van der Waals surface area contributed by atoms with Crippen LogP contribution >= 0.6 is 54.5 Å². The van der Waals surface area contributed by atoms with Crippen molar-refractivity contribution in [2.45, 2.75) is 0 Å². The number of carbonyl (C=O) groups is 1. The molecule has 0 N–H and O–H groups in total. The van der Waals surface area contributed by atoms with Gasteiger partial charge in [0, 0.05) is 36.4 Å². The second-order valence-corrected chi connectivity index (χ2v) is 7.76. The van der Waals surface area contributed by atoms with Gasteiger partial charge in [-0.25, -0.2) is 0 Å². The highest BCUT2D eigenvalue weighted by Gasteiger charge is 2.16. The minimum atomic E-state index is 0.0845. The molecule has 2 heterocycles. The number of carbonyl (C=O) groups excluding carboxylic acids is 1. The number of benzene rings is 1. The van der Waals surface area contributed by atoms with Gasteiger partial charge in [0.2, 0.25) is 0 Å². The SMILES string of the molecule is O=C(c1csc(Br)c1)c1csc2c(Br)cccc12. The van der Waals surface area contributed by atoms with Crippen LogP contribution in [-0.4, -0.2) is 5.78 Å². The van der Waals surface area contributed by atoms with Crippen LogP contribution in [0.1, 0.15) is 15.9 Å². The molecule has 0 amide bonds. The summed E-state index contributed by atoms with van der Waals surface area (Å²) in [7, 11) is 0. The molecule has 0 spiro atoms. The van der Waals surface area contributed by atoms with Crippen molar-refractivity contribution in [1.29, 1.82) is 0 Å². The standard InChI is InChI=1S/C13H6Br2OS2/c14-10-3-1-2-8-9(6-18-13(8)10)12(16)7-4-11(15)17-5-7/h1-6H. The molecule has 0 radical (unpaired) electrons.